The maximum Gasteiger partial charge on any atom is 0.161 e. The van der Waals surface area contributed by atoms with Crippen molar-refractivity contribution in [1.29, 1.82) is 0 Å². The molecule has 4 heteroatoms. The van der Waals surface area contributed by atoms with Crippen molar-refractivity contribution in [3.05, 3.63) is 23.8 Å². The molecule has 114 valence electrons. The number of aliphatic hydroxyl groups is 1. The Balaban J connectivity index is 1.38. The lowest BCUT2D eigenvalue weighted by Crippen LogP contribution is -2.36. The molecule has 1 heterocycles. The first kappa shape index (κ1) is 13.4. The van der Waals surface area contributed by atoms with Crippen molar-refractivity contribution < 1.29 is 14.6 Å². The molecule has 0 saturated heterocycles. The zero-order chi connectivity index (χ0) is 14.2. The maximum atomic E-state index is 10.4. The van der Waals surface area contributed by atoms with E-state index in [0.29, 0.717) is 25.8 Å². The fourth-order valence-corrected chi connectivity index (χ4v) is 3.26. The average molecular weight is 289 g/mol. The second-order valence-corrected chi connectivity index (χ2v) is 6.53. The molecule has 0 radical (unpaired) electrons. The van der Waals surface area contributed by atoms with Gasteiger partial charge in [-0.1, -0.05) is 6.07 Å². The van der Waals surface area contributed by atoms with Crippen LogP contribution in [0.2, 0.25) is 0 Å². The fraction of sp³-hybridized carbons (Fsp3) is 0.647. The molecular weight excluding hydrogens is 266 g/mol. The minimum atomic E-state index is -0.485. The van der Waals surface area contributed by atoms with Gasteiger partial charge in [0.15, 0.2) is 11.5 Å². The Kier molecular flexibility index (Phi) is 3.51. The number of hydrogen-bond acceptors (Lipinski definition) is 4. The van der Waals surface area contributed by atoms with Crippen LogP contribution in [0.25, 0.3) is 0 Å². The molecule has 2 N–H and O–H groups in total. The third kappa shape index (κ3) is 3.01. The summed E-state index contributed by atoms with van der Waals surface area (Å²) in [6.07, 6.45) is 4.94. The highest BCUT2D eigenvalue weighted by molar-refractivity contribution is 5.44. The van der Waals surface area contributed by atoms with Gasteiger partial charge in [0.1, 0.15) is 13.2 Å². The van der Waals surface area contributed by atoms with Crippen LogP contribution in [0.3, 0.4) is 0 Å². The summed E-state index contributed by atoms with van der Waals surface area (Å²) < 4.78 is 11.1. The van der Waals surface area contributed by atoms with Crippen molar-refractivity contribution in [2.75, 3.05) is 19.8 Å². The summed E-state index contributed by atoms with van der Waals surface area (Å²) in [6, 6.07) is 6.36. The predicted octanol–water partition coefficient (Wildman–Crippen LogP) is 2.27. The Morgan fingerprint density at radius 2 is 1.71 bits per heavy atom. The van der Waals surface area contributed by atoms with Crippen LogP contribution >= 0.6 is 0 Å². The van der Waals surface area contributed by atoms with Crippen molar-refractivity contribution in [1.82, 2.24) is 5.32 Å². The molecule has 1 aromatic rings. The third-order valence-electron chi connectivity index (χ3n) is 4.76. The Morgan fingerprint density at radius 3 is 2.38 bits per heavy atom. The van der Waals surface area contributed by atoms with Crippen LogP contribution in [0.1, 0.15) is 37.4 Å². The molecule has 1 aromatic carbocycles. The lowest BCUT2D eigenvalue weighted by atomic mass is 10.1. The molecule has 2 aliphatic carbocycles. The van der Waals surface area contributed by atoms with E-state index in [0.717, 1.165) is 28.9 Å². The molecule has 1 aliphatic heterocycles. The molecule has 1 atom stereocenters. The molecular formula is C17H23NO3. The smallest absolute Gasteiger partial charge is 0.161 e. The third-order valence-corrected chi connectivity index (χ3v) is 4.76. The highest BCUT2D eigenvalue weighted by Crippen LogP contribution is 2.44. The van der Waals surface area contributed by atoms with Gasteiger partial charge in [-0.3, -0.25) is 0 Å². The molecule has 4 nitrogen and oxygen atoms in total. The van der Waals surface area contributed by atoms with Crippen molar-refractivity contribution in [2.24, 2.45) is 11.8 Å². The zero-order valence-electron chi connectivity index (χ0n) is 12.3. The monoisotopic (exact) mass is 289 g/mol. The molecule has 2 fully saturated rings. The Bertz CT molecular complexity index is 499. The van der Waals surface area contributed by atoms with Gasteiger partial charge in [-0.2, -0.15) is 0 Å². The maximum absolute atomic E-state index is 10.4. The van der Waals surface area contributed by atoms with Gasteiger partial charge in [-0.15, -0.1) is 0 Å². The first-order chi connectivity index (χ1) is 10.3. The first-order valence-electron chi connectivity index (χ1n) is 8.12. The van der Waals surface area contributed by atoms with E-state index in [4.69, 9.17) is 9.47 Å². The number of fused-ring (bicyclic) bond motifs is 1. The summed E-state index contributed by atoms with van der Waals surface area (Å²) in [7, 11) is 0. The van der Waals surface area contributed by atoms with Crippen molar-refractivity contribution >= 4 is 0 Å². The van der Waals surface area contributed by atoms with E-state index in [2.05, 4.69) is 5.32 Å². The van der Waals surface area contributed by atoms with Crippen LogP contribution in [-0.4, -0.2) is 30.9 Å². The van der Waals surface area contributed by atoms with Crippen LogP contribution in [0.15, 0.2) is 18.2 Å². The lowest BCUT2D eigenvalue weighted by molar-refractivity contribution is 0.158. The van der Waals surface area contributed by atoms with Crippen LogP contribution in [0.5, 0.6) is 11.5 Å². The molecule has 1 unspecified atom stereocenters. The second kappa shape index (κ2) is 5.50. The van der Waals surface area contributed by atoms with Gasteiger partial charge in [0, 0.05) is 12.6 Å². The molecule has 3 aliphatic rings. The zero-order valence-corrected chi connectivity index (χ0v) is 12.3. The van der Waals surface area contributed by atoms with Gasteiger partial charge in [0.25, 0.3) is 0 Å². The Labute approximate surface area is 125 Å². The van der Waals surface area contributed by atoms with Crippen LogP contribution < -0.4 is 14.8 Å². The van der Waals surface area contributed by atoms with Gasteiger partial charge in [-0.05, 0) is 55.2 Å². The predicted molar refractivity (Wildman–Crippen MR) is 79.6 cm³/mol. The van der Waals surface area contributed by atoms with Gasteiger partial charge in [0.2, 0.25) is 0 Å². The highest BCUT2D eigenvalue weighted by atomic mass is 16.6. The largest absolute Gasteiger partial charge is 0.486 e. The standard InChI is InChI=1S/C17H23NO3/c19-14(10-18-17(11-1-2-11)12-3-4-12)13-5-6-15-16(9-13)21-8-7-20-15/h5-6,9,11-12,14,17-19H,1-4,7-8,10H2. The Hall–Kier alpha value is -1.26. The van der Waals surface area contributed by atoms with E-state index in [1.807, 2.05) is 18.2 Å². The summed E-state index contributed by atoms with van der Waals surface area (Å²) >= 11 is 0. The first-order valence-corrected chi connectivity index (χ1v) is 8.12. The molecule has 0 spiro atoms. The second-order valence-electron chi connectivity index (χ2n) is 6.53. The van der Waals surface area contributed by atoms with E-state index in [9.17, 15) is 5.11 Å². The number of rotatable bonds is 6. The lowest BCUT2D eigenvalue weighted by Gasteiger charge is -2.22. The van der Waals surface area contributed by atoms with E-state index in [1.165, 1.54) is 25.7 Å². The molecule has 2 saturated carbocycles. The number of hydrogen-bond donors (Lipinski definition) is 2. The molecule has 0 bridgehead atoms. The summed E-state index contributed by atoms with van der Waals surface area (Å²) in [4.78, 5) is 0. The molecule has 21 heavy (non-hydrogen) atoms. The number of ether oxygens (including phenoxy) is 2. The van der Waals surface area contributed by atoms with E-state index in [-0.39, 0.29) is 0 Å². The quantitative estimate of drug-likeness (QED) is 0.843. The van der Waals surface area contributed by atoms with Crippen LogP contribution in [0.4, 0.5) is 0 Å². The molecule has 4 rings (SSSR count). The van der Waals surface area contributed by atoms with Crippen LogP contribution in [-0.2, 0) is 0 Å². The normalized spacial score (nSPS) is 22.4. The average Bonchev–Trinajstić information content (AvgIpc) is 3.39. The Morgan fingerprint density at radius 1 is 1.05 bits per heavy atom. The minimum Gasteiger partial charge on any atom is -0.486 e. The highest BCUT2D eigenvalue weighted by Gasteiger charge is 2.41. The van der Waals surface area contributed by atoms with Gasteiger partial charge in [0.05, 0.1) is 6.10 Å². The summed E-state index contributed by atoms with van der Waals surface area (Å²) in [5.41, 5.74) is 0.900. The molecule has 0 amide bonds. The summed E-state index contributed by atoms with van der Waals surface area (Å²) in [6.45, 7) is 1.80. The van der Waals surface area contributed by atoms with Crippen LogP contribution in [0, 0.1) is 11.8 Å². The van der Waals surface area contributed by atoms with E-state index < -0.39 is 6.10 Å². The van der Waals surface area contributed by atoms with Gasteiger partial charge < -0.3 is 19.9 Å². The molecule has 0 aromatic heterocycles. The van der Waals surface area contributed by atoms with Gasteiger partial charge >= 0.3 is 0 Å². The van der Waals surface area contributed by atoms with Crippen molar-refractivity contribution in [3.63, 3.8) is 0 Å². The number of nitrogens with one attached hydrogen (secondary N) is 1. The SMILES string of the molecule is OC(CNC(C1CC1)C1CC1)c1ccc2c(c1)OCCO2. The number of aliphatic hydroxyl groups excluding tert-OH is 1. The summed E-state index contributed by atoms with van der Waals surface area (Å²) in [5.74, 6) is 3.23. The van der Waals surface area contributed by atoms with Crippen molar-refractivity contribution in [3.8, 4) is 11.5 Å². The van der Waals surface area contributed by atoms with E-state index in [1.54, 1.807) is 0 Å². The minimum absolute atomic E-state index is 0.485. The van der Waals surface area contributed by atoms with E-state index >= 15 is 0 Å². The summed E-state index contributed by atoms with van der Waals surface area (Å²) in [5, 5.41) is 14.0. The fourth-order valence-electron chi connectivity index (χ4n) is 3.26. The number of benzene rings is 1. The van der Waals surface area contributed by atoms with Gasteiger partial charge in [-0.25, -0.2) is 0 Å². The van der Waals surface area contributed by atoms with Crippen molar-refractivity contribution in [2.45, 2.75) is 37.8 Å². The topological polar surface area (TPSA) is 50.7 Å².